The molecule has 1 amide bonds. The van der Waals surface area contributed by atoms with Crippen LogP contribution in [-0.4, -0.2) is 32.2 Å². The van der Waals surface area contributed by atoms with Crippen LogP contribution in [0.1, 0.15) is 57.1 Å². The molecule has 28 heavy (non-hydrogen) atoms. The Kier molecular flexibility index (Phi) is 8.16. The fraction of sp³-hybridized carbons (Fsp3) is 0.667. The van der Waals surface area contributed by atoms with Gasteiger partial charge in [0.05, 0.1) is 24.5 Å². The molecule has 0 radical (unpaired) electrons. The molecule has 1 atom stereocenters. The summed E-state index contributed by atoms with van der Waals surface area (Å²) in [6.45, 7) is 7.78. The number of rotatable bonds is 8. The minimum Gasteiger partial charge on any atom is -0.378 e. The third-order valence-electron chi connectivity index (χ3n) is 5.10. The van der Waals surface area contributed by atoms with E-state index in [1.807, 2.05) is 11.8 Å². The average Bonchev–Trinajstić information content (AvgIpc) is 2.63. The van der Waals surface area contributed by atoms with Crippen molar-refractivity contribution in [1.29, 1.82) is 0 Å². The minimum absolute atomic E-state index is 0.129. The second-order valence-electron chi connectivity index (χ2n) is 7.64. The monoisotopic (exact) mass is 400 g/mol. The van der Waals surface area contributed by atoms with Gasteiger partial charge in [0.25, 0.3) is 0 Å². The maximum atomic E-state index is 13.7. The molecule has 7 heteroatoms. The number of hydrogen-bond donors (Lipinski definition) is 1. The summed E-state index contributed by atoms with van der Waals surface area (Å²) in [6.07, 6.45) is -0.169. The summed E-state index contributed by atoms with van der Waals surface area (Å²) in [5.41, 5.74) is 0.0126. The molecule has 1 aromatic carbocycles. The molecule has 0 saturated carbocycles. The molecule has 1 unspecified atom stereocenters. The zero-order chi connectivity index (χ0) is 20.7. The highest BCUT2D eigenvalue weighted by Crippen LogP contribution is 2.39. The Morgan fingerprint density at radius 3 is 2.54 bits per heavy atom. The van der Waals surface area contributed by atoms with Crippen LogP contribution >= 0.6 is 0 Å². The molecule has 0 bridgehead atoms. The molecule has 4 nitrogen and oxygen atoms in total. The van der Waals surface area contributed by atoms with E-state index in [1.165, 1.54) is 0 Å². The highest BCUT2D eigenvalue weighted by atomic mass is 19.4. The van der Waals surface area contributed by atoms with Crippen molar-refractivity contribution in [1.82, 2.24) is 0 Å². The van der Waals surface area contributed by atoms with Gasteiger partial charge in [0.15, 0.2) is 0 Å². The van der Waals surface area contributed by atoms with Crippen molar-refractivity contribution in [2.75, 3.05) is 36.5 Å². The predicted molar refractivity (Wildman–Crippen MR) is 106 cm³/mol. The summed E-state index contributed by atoms with van der Waals surface area (Å²) in [7, 11) is 0. The van der Waals surface area contributed by atoms with E-state index in [-0.39, 0.29) is 23.9 Å². The SMILES string of the molecule is CCCCCC(C)CC(=O)Nc1c(C)cc(N2CCOCC2)cc1C(F)(F)F. The highest BCUT2D eigenvalue weighted by Gasteiger charge is 2.36. The summed E-state index contributed by atoms with van der Waals surface area (Å²) in [6, 6.07) is 2.85. The fourth-order valence-corrected chi connectivity index (χ4v) is 3.51. The van der Waals surface area contributed by atoms with E-state index in [2.05, 4.69) is 12.2 Å². The lowest BCUT2D eigenvalue weighted by Crippen LogP contribution is -2.36. The van der Waals surface area contributed by atoms with Crippen molar-refractivity contribution in [2.45, 2.75) is 59.1 Å². The molecule has 0 aromatic heterocycles. The van der Waals surface area contributed by atoms with Crippen LogP contribution < -0.4 is 10.2 Å². The van der Waals surface area contributed by atoms with Crippen LogP contribution in [0.5, 0.6) is 0 Å². The van der Waals surface area contributed by atoms with Gasteiger partial charge in [-0.15, -0.1) is 0 Å². The van der Waals surface area contributed by atoms with Crippen LogP contribution in [0.4, 0.5) is 24.5 Å². The van der Waals surface area contributed by atoms with E-state index in [0.717, 1.165) is 31.7 Å². The second-order valence-corrected chi connectivity index (χ2v) is 7.64. The number of benzene rings is 1. The Hall–Kier alpha value is -1.76. The minimum atomic E-state index is -4.54. The van der Waals surface area contributed by atoms with Crippen LogP contribution in [0.15, 0.2) is 12.1 Å². The van der Waals surface area contributed by atoms with Crippen LogP contribution in [0, 0.1) is 12.8 Å². The molecule has 2 rings (SSSR count). The topological polar surface area (TPSA) is 41.6 Å². The van der Waals surface area contributed by atoms with Crippen molar-refractivity contribution < 1.29 is 22.7 Å². The van der Waals surface area contributed by atoms with Gasteiger partial charge < -0.3 is 15.0 Å². The number of carbonyl (C=O) groups excluding carboxylic acids is 1. The number of unbranched alkanes of at least 4 members (excludes halogenated alkanes) is 2. The molecule has 1 fully saturated rings. The first-order chi connectivity index (χ1) is 13.2. The molecular weight excluding hydrogens is 369 g/mol. The number of alkyl halides is 3. The van der Waals surface area contributed by atoms with E-state index in [4.69, 9.17) is 4.74 Å². The number of aryl methyl sites for hydroxylation is 1. The molecule has 1 aliphatic heterocycles. The zero-order valence-corrected chi connectivity index (χ0v) is 17.0. The molecule has 0 aliphatic carbocycles. The maximum absolute atomic E-state index is 13.7. The Balaban J connectivity index is 2.17. The van der Waals surface area contributed by atoms with Gasteiger partial charge in [0.1, 0.15) is 0 Å². The van der Waals surface area contributed by atoms with Crippen LogP contribution in [0.25, 0.3) is 0 Å². The smallest absolute Gasteiger partial charge is 0.378 e. The summed E-state index contributed by atoms with van der Waals surface area (Å²) in [5, 5.41) is 2.53. The largest absolute Gasteiger partial charge is 0.418 e. The molecule has 1 N–H and O–H groups in total. The Labute approximate surface area is 165 Å². The molecule has 1 saturated heterocycles. The maximum Gasteiger partial charge on any atom is 0.418 e. The number of morpholine rings is 1. The molecule has 1 aliphatic rings. The normalized spacial score (nSPS) is 16.1. The van der Waals surface area contributed by atoms with E-state index in [0.29, 0.717) is 37.6 Å². The molecule has 1 heterocycles. The third kappa shape index (κ3) is 6.40. The number of hydrogen-bond acceptors (Lipinski definition) is 3. The van der Waals surface area contributed by atoms with Gasteiger partial charge in [-0.1, -0.05) is 39.5 Å². The summed E-state index contributed by atoms with van der Waals surface area (Å²) < 4.78 is 46.4. The number of halogens is 3. The summed E-state index contributed by atoms with van der Waals surface area (Å²) in [4.78, 5) is 14.3. The van der Waals surface area contributed by atoms with E-state index in [9.17, 15) is 18.0 Å². The molecular formula is C21H31F3N2O2. The summed E-state index contributed by atoms with van der Waals surface area (Å²) >= 11 is 0. The lowest BCUT2D eigenvalue weighted by Gasteiger charge is -2.30. The quantitative estimate of drug-likeness (QED) is 0.595. The van der Waals surface area contributed by atoms with Crippen LogP contribution in [-0.2, 0) is 15.7 Å². The van der Waals surface area contributed by atoms with Crippen molar-refractivity contribution in [2.24, 2.45) is 5.92 Å². The van der Waals surface area contributed by atoms with E-state index >= 15 is 0 Å². The number of anilines is 2. The van der Waals surface area contributed by atoms with Crippen molar-refractivity contribution in [3.8, 4) is 0 Å². The van der Waals surface area contributed by atoms with Crippen LogP contribution in [0.3, 0.4) is 0 Å². The third-order valence-corrected chi connectivity index (χ3v) is 5.10. The van der Waals surface area contributed by atoms with Gasteiger partial charge in [-0.2, -0.15) is 13.2 Å². The Morgan fingerprint density at radius 2 is 1.93 bits per heavy atom. The highest BCUT2D eigenvalue weighted by molar-refractivity contribution is 5.93. The standard InChI is InChI=1S/C21H31F3N2O2/c1-4-5-6-7-15(2)12-19(27)25-20-16(3)13-17(14-18(20)21(22,23)24)26-8-10-28-11-9-26/h13-15H,4-12H2,1-3H3,(H,25,27). The first kappa shape index (κ1) is 22.5. The predicted octanol–water partition coefficient (Wildman–Crippen LogP) is 5.40. The summed E-state index contributed by atoms with van der Waals surface area (Å²) in [5.74, 6) is -0.217. The van der Waals surface area contributed by atoms with Crippen molar-refractivity contribution in [3.63, 3.8) is 0 Å². The van der Waals surface area contributed by atoms with E-state index < -0.39 is 11.7 Å². The van der Waals surface area contributed by atoms with Gasteiger partial charge in [0.2, 0.25) is 5.91 Å². The van der Waals surface area contributed by atoms with Crippen molar-refractivity contribution >= 4 is 17.3 Å². The number of nitrogens with one attached hydrogen (secondary N) is 1. The first-order valence-corrected chi connectivity index (χ1v) is 10.1. The molecule has 158 valence electrons. The number of nitrogens with zero attached hydrogens (tertiary/aromatic N) is 1. The van der Waals surface area contributed by atoms with Crippen molar-refractivity contribution in [3.05, 3.63) is 23.3 Å². The van der Waals surface area contributed by atoms with Gasteiger partial charge in [-0.05, 0) is 30.5 Å². The van der Waals surface area contributed by atoms with E-state index in [1.54, 1.807) is 13.0 Å². The number of amides is 1. The van der Waals surface area contributed by atoms with Crippen LogP contribution in [0.2, 0.25) is 0 Å². The lowest BCUT2D eigenvalue weighted by molar-refractivity contribution is -0.137. The molecule has 1 aromatic rings. The van der Waals surface area contributed by atoms with Gasteiger partial charge >= 0.3 is 6.18 Å². The Morgan fingerprint density at radius 1 is 1.25 bits per heavy atom. The average molecular weight is 400 g/mol. The first-order valence-electron chi connectivity index (χ1n) is 10.1. The second kappa shape index (κ2) is 10.1. The molecule has 0 spiro atoms. The van der Waals surface area contributed by atoms with Gasteiger partial charge in [-0.25, -0.2) is 0 Å². The van der Waals surface area contributed by atoms with Gasteiger partial charge in [0, 0.05) is 25.2 Å². The zero-order valence-electron chi connectivity index (χ0n) is 17.0. The lowest BCUT2D eigenvalue weighted by atomic mass is 9.99. The number of carbonyl (C=O) groups is 1. The van der Waals surface area contributed by atoms with Gasteiger partial charge in [-0.3, -0.25) is 4.79 Å². The Bertz CT molecular complexity index is 656. The fourth-order valence-electron chi connectivity index (χ4n) is 3.51. The number of ether oxygens (including phenoxy) is 1.